The third kappa shape index (κ3) is 3.72. The van der Waals surface area contributed by atoms with Crippen molar-refractivity contribution >= 4 is 29.4 Å². The molecular formula is C21H23N5O5. The van der Waals surface area contributed by atoms with Crippen molar-refractivity contribution in [2.45, 2.75) is 32.9 Å². The number of ether oxygens (including phenoxy) is 1. The number of nitrogen functional groups attached to an aromatic ring is 1. The van der Waals surface area contributed by atoms with Crippen molar-refractivity contribution < 1.29 is 19.1 Å². The molecule has 162 valence electrons. The van der Waals surface area contributed by atoms with Crippen LogP contribution in [0.1, 0.15) is 47.1 Å². The van der Waals surface area contributed by atoms with E-state index in [9.17, 15) is 19.2 Å². The molecule has 0 aliphatic carbocycles. The minimum Gasteiger partial charge on any atom is -0.444 e. The van der Waals surface area contributed by atoms with Gasteiger partial charge in [0.1, 0.15) is 11.4 Å². The summed E-state index contributed by atoms with van der Waals surface area (Å²) in [6.07, 6.45) is -0.433. The Kier molecular flexibility index (Phi) is 4.72. The Balaban J connectivity index is 1.74. The van der Waals surface area contributed by atoms with Crippen LogP contribution in [0.25, 0.3) is 5.69 Å². The number of benzene rings is 1. The van der Waals surface area contributed by atoms with Gasteiger partial charge in [-0.2, -0.15) is 0 Å². The van der Waals surface area contributed by atoms with E-state index in [0.717, 1.165) is 17.3 Å². The molecule has 31 heavy (non-hydrogen) atoms. The minimum atomic E-state index is -0.643. The van der Waals surface area contributed by atoms with Crippen molar-refractivity contribution in [3.05, 3.63) is 51.3 Å². The van der Waals surface area contributed by atoms with Gasteiger partial charge in [-0.25, -0.2) is 4.79 Å². The van der Waals surface area contributed by atoms with Crippen molar-refractivity contribution in [1.82, 2.24) is 14.8 Å². The molecule has 2 aliphatic rings. The van der Waals surface area contributed by atoms with Gasteiger partial charge in [0.05, 0.1) is 23.4 Å². The molecule has 1 aromatic carbocycles. The number of hydrogen-bond donors (Lipinski definition) is 3. The van der Waals surface area contributed by atoms with Crippen LogP contribution in [0.15, 0.2) is 29.1 Å². The predicted octanol–water partition coefficient (Wildman–Crippen LogP) is 1.47. The van der Waals surface area contributed by atoms with Crippen LogP contribution in [0.5, 0.6) is 0 Å². The first-order valence-electron chi connectivity index (χ1n) is 9.81. The number of carbonyl (C=O) groups excluding carboxylic acids is 3. The van der Waals surface area contributed by atoms with Crippen LogP contribution in [0, 0.1) is 0 Å². The molecule has 3 amide bonds. The maximum atomic E-state index is 12.7. The second kappa shape index (κ2) is 7.15. The van der Waals surface area contributed by atoms with Gasteiger partial charge in [0.25, 0.3) is 17.4 Å². The first kappa shape index (κ1) is 20.5. The van der Waals surface area contributed by atoms with E-state index < -0.39 is 29.1 Å². The number of fused-ring (bicyclic) bond motifs is 2. The number of aromatic nitrogens is 1. The number of nitrogens with one attached hydrogen (secondary N) is 2. The second-order valence-electron chi connectivity index (χ2n) is 8.45. The Hall–Kier alpha value is -3.82. The summed E-state index contributed by atoms with van der Waals surface area (Å²) in [6.45, 7) is 6.66. The first-order chi connectivity index (χ1) is 14.5. The molecule has 0 bridgehead atoms. The molecule has 0 radical (unpaired) electrons. The van der Waals surface area contributed by atoms with E-state index >= 15 is 0 Å². The molecule has 0 fully saturated rings. The fourth-order valence-corrected chi connectivity index (χ4v) is 3.66. The van der Waals surface area contributed by atoms with Crippen LogP contribution >= 0.6 is 0 Å². The Labute approximate surface area is 178 Å². The lowest BCUT2D eigenvalue weighted by molar-refractivity contribution is 0.0244. The average Bonchev–Trinajstić information content (AvgIpc) is 2.83. The van der Waals surface area contributed by atoms with Crippen LogP contribution in [0.4, 0.5) is 16.3 Å². The van der Waals surface area contributed by atoms with Gasteiger partial charge in [0.2, 0.25) is 0 Å². The Morgan fingerprint density at radius 2 is 1.87 bits per heavy atom. The molecule has 10 heteroatoms. The van der Waals surface area contributed by atoms with Crippen LogP contribution in [0.2, 0.25) is 0 Å². The van der Waals surface area contributed by atoms with Crippen LogP contribution < -0.4 is 21.9 Å². The van der Waals surface area contributed by atoms with E-state index in [4.69, 9.17) is 10.5 Å². The maximum Gasteiger partial charge on any atom is 0.410 e. The van der Waals surface area contributed by atoms with Gasteiger partial charge in [0.15, 0.2) is 0 Å². The highest BCUT2D eigenvalue weighted by Crippen LogP contribution is 2.27. The van der Waals surface area contributed by atoms with Crippen LogP contribution in [0.3, 0.4) is 0 Å². The number of rotatable bonds is 1. The molecule has 1 aromatic heterocycles. The summed E-state index contributed by atoms with van der Waals surface area (Å²) in [5, 5.41) is 5.40. The second-order valence-corrected chi connectivity index (χ2v) is 8.45. The minimum absolute atomic E-state index is 0.0203. The number of imide groups is 1. The lowest BCUT2D eigenvalue weighted by Crippen LogP contribution is -2.37. The molecular weight excluding hydrogens is 402 g/mol. The SMILES string of the molecule is CC(C)(C)OC(=O)N1CCNc2ccc(-n3c(N)c4c(cc3=O)C(=O)NC4=O)cc2C1. The number of anilines is 2. The Morgan fingerprint density at radius 1 is 1.13 bits per heavy atom. The van der Waals surface area contributed by atoms with E-state index in [2.05, 4.69) is 10.6 Å². The van der Waals surface area contributed by atoms with Crippen LogP contribution in [-0.4, -0.2) is 46.1 Å². The third-order valence-electron chi connectivity index (χ3n) is 5.01. The summed E-state index contributed by atoms with van der Waals surface area (Å²) in [4.78, 5) is 50.8. The summed E-state index contributed by atoms with van der Waals surface area (Å²) in [5.74, 6) is -1.40. The Bertz CT molecular complexity index is 1180. The molecule has 0 saturated carbocycles. The normalized spacial score (nSPS) is 15.5. The molecule has 10 nitrogen and oxygen atoms in total. The number of nitrogens with zero attached hydrogens (tertiary/aromatic N) is 2. The third-order valence-corrected chi connectivity index (χ3v) is 5.01. The molecule has 0 spiro atoms. The van der Waals surface area contributed by atoms with Gasteiger partial charge in [-0.15, -0.1) is 0 Å². The molecule has 3 heterocycles. The summed E-state index contributed by atoms with van der Waals surface area (Å²) in [5.41, 5.74) is 6.91. The van der Waals surface area contributed by atoms with E-state index in [-0.39, 0.29) is 23.5 Å². The van der Waals surface area contributed by atoms with Crippen molar-refractivity contribution in [2.24, 2.45) is 0 Å². The average molecular weight is 425 g/mol. The van der Waals surface area contributed by atoms with Gasteiger partial charge >= 0.3 is 6.09 Å². The maximum absolute atomic E-state index is 12.7. The zero-order valence-electron chi connectivity index (χ0n) is 17.4. The fourth-order valence-electron chi connectivity index (χ4n) is 3.66. The number of carbonyl (C=O) groups is 3. The van der Waals surface area contributed by atoms with Crippen molar-refractivity contribution in [1.29, 1.82) is 0 Å². The lowest BCUT2D eigenvalue weighted by atomic mass is 10.1. The van der Waals surface area contributed by atoms with E-state index in [0.29, 0.717) is 18.8 Å². The van der Waals surface area contributed by atoms with Gasteiger partial charge in [-0.1, -0.05) is 0 Å². The lowest BCUT2D eigenvalue weighted by Gasteiger charge is -2.26. The fraction of sp³-hybridized carbons (Fsp3) is 0.333. The van der Waals surface area contributed by atoms with Crippen LogP contribution in [-0.2, 0) is 11.3 Å². The predicted molar refractivity (Wildman–Crippen MR) is 113 cm³/mol. The molecule has 4 rings (SSSR count). The molecule has 2 aliphatic heterocycles. The topological polar surface area (TPSA) is 136 Å². The highest BCUT2D eigenvalue weighted by atomic mass is 16.6. The van der Waals surface area contributed by atoms with Gasteiger partial charge in [0, 0.05) is 24.8 Å². The molecule has 0 unspecified atom stereocenters. The van der Waals surface area contributed by atoms with Gasteiger partial charge in [-0.05, 0) is 44.5 Å². The standard InChI is InChI=1S/C21H23N5O5/c1-21(2,3)31-20(30)25-7-6-23-14-5-4-12(8-11(14)10-25)26-15(27)9-13-16(17(26)22)19(29)24-18(13)28/h4-5,8-9,23H,6-7,10,22H2,1-3H3,(H,24,28,29). The first-order valence-corrected chi connectivity index (χ1v) is 9.81. The summed E-state index contributed by atoms with van der Waals surface area (Å²) in [6, 6.07) is 6.30. The summed E-state index contributed by atoms with van der Waals surface area (Å²) in [7, 11) is 0. The van der Waals surface area contributed by atoms with E-state index in [1.54, 1.807) is 43.9 Å². The number of nitrogens with two attached hydrogens (primary N) is 1. The van der Waals surface area contributed by atoms with Gasteiger partial charge < -0.3 is 20.7 Å². The van der Waals surface area contributed by atoms with Gasteiger partial charge in [-0.3, -0.25) is 24.3 Å². The highest BCUT2D eigenvalue weighted by molar-refractivity contribution is 6.23. The van der Waals surface area contributed by atoms with E-state index in [1.807, 2.05) is 0 Å². The van der Waals surface area contributed by atoms with Crippen molar-refractivity contribution in [2.75, 3.05) is 24.1 Å². The highest BCUT2D eigenvalue weighted by Gasteiger charge is 2.32. The number of amides is 3. The largest absolute Gasteiger partial charge is 0.444 e. The Morgan fingerprint density at radius 3 is 2.58 bits per heavy atom. The quantitative estimate of drug-likeness (QED) is 0.589. The molecule has 0 saturated heterocycles. The zero-order chi connectivity index (χ0) is 22.5. The molecule has 2 aromatic rings. The van der Waals surface area contributed by atoms with E-state index in [1.165, 1.54) is 4.57 Å². The summed E-state index contributed by atoms with van der Waals surface area (Å²) >= 11 is 0. The summed E-state index contributed by atoms with van der Waals surface area (Å²) < 4.78 is 6.66. The monoisotopic (exact) mass is 425 g/mol. The molecule has 4 N–H and O–H groups in total. The zero-order valence-corrected chi connectivity index (χ0v) is 17.4. The number of pyridine rings is 1. The number of hydrogen-bond acceptors (Lipinski definition) is 7. The van der Waals surface area contributed by atoms with Crippen molar-refractivity contribution in [3.63, 3.8) is 0 Å². The van der Waals surface area contributed by atoms with Crippen molar-refractivity contribution in [3.8, 4) is 5.69 Å². The smallest absolute Gasteiger partial charge is 0.410 e. The molecule has 0 atom stereocenters.